The number of hydrogen-bond donors (Lipinski definition) is 1. The molecule has 1 aromatic heterocycles. The van der Waals surface area contributed by atoms with Gasteiger partial charge in [0.1, 0.15) is 11.9 Å². The number of unbranched alkanes of at least 4 members (excludes halogenated alkanes) is 2. The van der Waals surface area contributed by atoms with Gasteiger partial charge in [0.15, 0.2) is 0 Å². The van der Waals surface area contributed by atoms with Crippen LogP contribution in [0.5, 0.6) is 0 Å². The smallest absolute Gasteiger partial charge is 0.322 e. The molecule has 2 heterocycles. The predicted octanol–water partition coefficient (Wildman–Crippen LogP) is 3.89. The highest BCUT2D eigenvalue weighted by molar-refractivity contribution is 5.90. The number of benzene rings is 1. The summed E-state index contributed by atoms with van der Waals surface area (Å²) in [6.45, 7) is 7.54. The van der Waals surface area contributed by atoms with Crippen LogP contribution in [0.3, 0.4) is 0 Å². The monoisotopic (exact) mass is 482 g/mol. The molecule has 1 aromatic carbocycles. The van der Waals surface area contributed by atoms with Crippen LogP contribution in [0.25, 0.3) is 11.3 Å². The van der Waals surface area contributed by atoms with E-state index in [1.807, 2.05) is 54.3 Å². The molecule has 1 fully saturated rings. The minimum absolute atomic E-state index is 0.0182. The second-order valence-corrected chi connectivity index (χ2v) is 8.66. The Labute approximate surface area is 208 Å². The van der Waals surface area contributed by atoms with Crippen LogP contribution in [-0.2, 0) is 20.7 Å². The number of anilines is 1. The molecule has 2 aromatic rings. The van der Waals surface area contributed by atoms with E-state index in [4.69, 9.17) is 9.47 Å². The van der Waals surface area contributed by atoms with Gasteiger partial charge < -0.3 is 19.7 Å². The summed E-state index contributed by atoms with van der Waals surface area (Å²) in [6, 6.07) is 13.5. The van der Waals surface area contributed by atoms with Crippen LogP contribution in [0.2, 0.25) is 0 Å². The third-order valence-electron chi connectivity index (χ3n) is 6.08. The van der Waals surface area contributed by atoms with E-state index < -0.39 is 6.10 Å². The SMILES string of the molecule is CCCCCNC(=O)N(C)c1cccc(-c2ccc(C[C@H](OCC)C(=O)N3CCOCC3)cc2)n1. The van der Waals surface area contributed by atoms with Crippen LogP contribution in [-0.4, -0.2) is 74.4 Å². The molecule has 1 N–H and O–H groups in total. The van der Waals surface area contributed by atoms with Crippen molar-refractivity contribution in [2.24, 2.45) is 0 Å². The van der Waals surface area contributed by atoms with Crippen LogP contribution >= 0.6 is 0 Å². The maximum Gasteiger partial charge on any atom is 0.322 e. The summed E-state index contributed by atoms with van der Waals surface area (Å²) in [6.07, 6.45) is 3.19. The fraction of sp³-hybridized carbons (Fsp3) is 0.519. The molecule has 0 saturated carbocycles. The number of hydrogen-bond acceptors (Lipinski definition) is 5. The molecular weight excluding hydrogens is 444 g/mol. The van der Waals surface area contributed by atoms with Crippen molar-refractivity contribution in [2.75, 3.05) is 51.4 Å². The lowest BCUT2D eigenvalue weighted by Gasteiger charge is -2.30. The van der Waals surface area contributed by atoms with Crippen molar-refractivity contribution in [1.82, 2.24) is 15.2 Å². The Morgan fingerprint density at radius 2 is 1.86 bits per heavy atom. The van der Waals surface area contributed by atoms with E-state index in [9.17, 15) is 9.59 Å². The number of urea groups is 1. The molecular formula is C27H38N4O4. The molecule has 190 valence electrons. The van der Waals surface area contributed by atoms with Gasteiger partial charge in [0.05, 0.1) is 18.9 Å². The van der Waals surface area contributed by atoms with Crippen molar-refractivity contribution in [1.29, 1.82) is 0 Å². The second-order valence-electron chi connectivity index (χ2n) is 8.66. The van der Waals surface area contributed by atoms with Crippen molar-refractivity contribution >= 4 is 17.8 Å². The molecule has 3 rings (SSSR count). The Morgan fingerprint density at radius 1 is 1.11 bits per heavy atom. The first-order chi connectivity index (χ1) is 17.0. The first kappa shape index (κ1) is 26.6. The molecule has 0 unspecified atom stereocenters. The molecule has 1 aliphatic rings. The van der Waals surface area contributed by atoms with E-state index in [1.54, 1.807) is 7.05 Å². The molecule has 1 atom stereocenters. The highest BCUT2D eigenvalue weighted by atomic mass is 16.5. The first-order valence-corrected chi connectivity index (χ1v) is 12.6. The van der Waals surface area contributed by atoms with Crippen LogP contribution in [0, 0.1) is 0 Å². The third-order valence-corrected chi connectivity index (χ3v) is 6.08. The van der Waals surface area contributed by atoms with Gasteiger partial charge in [-0.3, -0.25) is 9.69 Å². The highest BCUT2D eigenvalue weighted by Gasteiger charge is 2.26. The third kappa shape index (κ3) is 7.77. The summed E-state index contributed by atoms with van der Waals surface area (Å²) in [5.74, 6) is 0.608. The summed E-state index contributed by atoms with van der Waals surface area (Å²) >= 11 is 0. The van der Waals surface area contributed by atoms with Gasteiger partial charge in [0.2, 0.25) is 0 Å². The molecule has 0 bridgehead atoms. The van der Waals surface area contributed by atoms with Crippen LogP contribution < -0.4 is 10.2 Å². The van der Waals surface area contributed by atoms with Crippen molar-refractivity contribution in [3.63, 3.8) is 0 Å². The first-order valence-electron chi connectivity index (χ1n) is 12.6. The van der Waals surface area contributed by atoms with Crippen molar-refractivity contribution in [3.8, 4) is 11.3 Å². The Kier molecular flexibility index (Phi) is 10.5. The molecule has 3 amide bonds. The lowest BCUT2D eigenvalue weighted by molar-refractivity contribution is -0.147. The average Bonchev–Trinajstić information content (AvgIpc) is 2.91. The van der Waals surface area contributed by atoms with Crippen LogP contribution in [0.15, 0.2) is 42.5 Å². The number of carbonyl (C=O) groups excluding carboxylic acids is 2. The van der Waals surface area contributed by atoms with Gasteiger partial charge in [0, 0.05) is 45.3 Å². The minimum Gasteiger partial charge on any atom is -0.378 e. The molecule has 8 nitrogen and oxygen atoms in total. The molecule has 8 heteroatoms. The van der Waals surface area contributed by atoms with Crippen molar-refractivity contribution < 1.29 is 19.1 Å². The minimum atomic E-state index is -0.505. The molecule has 0 spiro atoms. The summed E-state index contributed by atoms with van der Waals surface area (Å²) in [5, 5.41) is 2.94. The number of pyridine rings is 1. The Balaban J connectivity index is 1.64. The number of ether oxygens (including phenoxy) is 2. The zero-order valence-corrected chi connectivity index (χ0v) is 21.2. The van der Waals surface area contributed by atoms with Gasteiger partial charge in [-0.2, -0.15) is 0 Å². The fourth-order valence-corrected chi connectivity index (χ4v) is 4.00. The van der Waals surface area contributed by atoms with Crippen molar-refractivity contribution in [2.45, 2.75) is 45.6 Å². The molecule has 1 aliphatic heterocycles. The summed E-state index contributed by atoms with van der Waals surface area (Å²) < 4.78 is 11.2. The van der Waals surface area contributed by atoms with Crippen LogP contribution in [0.1, 0.15) is 38.7 Å². The summed E-state index contributed by atoms with van der Waals surface area (Å²) in [4.78, 5) is 33.4. The second kappa shape index (κ2) is 13.8. The highest BCUT2D eigenvalue weighted by Crippen LogP contribution is 2.22. The van der Waals surface area contributed by atoms with Gasteiger partial charge in [-0.15, -0.1) is 0 Å². The maximum atomic E-state index is 12.9. The van der Waals surface area contributed by atoms with E-state index in [0.717, 1.165) is 36.1 Å². The Morgan fingerprint density at radius 3 is 2.54 bits per heavy atom. The van der Waals surface area contributed by atoms with Gasteiger partial charge in [-0.05, 0) is 31.0 Å². The number of morpholine rings is 1. The van der Waals surface area contributed by atoms with Gasteiger partial charge in [-0.25, -0.2) is 9.78 Å². The summed E-state index contributed by atoms with van der Waals surface area (Å²) in [7, 11) is 1.73. The largest absolute Gasteiger partial charge is 0.378 e. The van der Waals surface area contributed by atoms with E-state index in [-0.39, 0.29) is 11.9 Å². The van der Waals surface area contributed by atoms with E-state index in [0.29, 0.717) is 51.7 Å². The lowest BCUT2D eigenvalue weighted by atomic mass is 10.0. The number of amides is 3. The molecule has 0 aliphatic carbocycles. The average molecular weight is 483 g/mol. The van der Waals surface area contributed by atoms with Crippen molar-refractivity contribution in [3.05, 3.63) is 48.0 Å². The normalized spacial score (nSPS) is 14.4. The van der Waals surface area contributed by atoms with E-state index in [1.165, 1.54) is 4.90 Å². The van der Waals surface area contributed by atoms with Gasteiger partial charge in [0.25, 0.3) is 5.91 Å². The number of aromatic nitrogens is 1. The number of nitrogens with one attached hydrogen (secondary N) is 1. The fourth-order valence-electron chi connectivity index (χ4n) is 4.00. The maximum absolute atomic E-state index is 12.9. The van der Waals surface area contributed by atoms with Crippen LogP contribution in [0.4, 0.5) is 10.6 Å². The zero-order valence-electron chi connectivity index (χ0n) is 21.2. The number of nitrogens with zero attached hydrogens (tertiary/aromatic N) is 3. The van der Waals surface area contributed by atoms with Gasteiger partial charge in [-0.1, -0.05) is 50.1 Å². The molecule has 0 radical (unpaired) electrons. The lowest BCUT2D eigenvalue weighted by Crippen LogP contribution is -2.47. The van der Waals surface area contributed by atoms with E-state index >= 15 is 0 Å². The summed E-state index contributed by atoms with van der Waals surface area (Å²) in [5.41, 5.74) is 2.75. The number of rotatable bonds is 11. The molecule has 1 saturated heterocycles. The number of carbonyl (C=O) groups is 2. The Bertz CT molecular complexity index is 944. The quantitative estimate of drug-likeness (QED) is 0.491. The zero-order chi connectivity index (χ0) is 25.0. The van der Waals surface area contributed by atoms with E-state index in [2.05, 4.69) is 17.2 Å². The topological polar surface area (TPSA) is 84.0 Å². The Hall–Kier alpha value is -2.97. The van der Waals surface area contributed by atoms with Gasteiger partial charge >= 0.3 is 6.03 Å². The predicted molar refractivity (Wildman–Crippen MR) is 138 cm³/mol. The standard InChI is InChI=1S/C27H38N4O4/c1-4-6-7-15-28-27(33)30(3)25-10-8-9-23(29-25)22-13-11-21(12-14-22)20-24(35-5-2)26(32)31-16-18-34-19-17-31/h8-14,24H,4-7,15-20H2,1-3H3,(H,28,33)/t24-/m0/s1. The molecule has 35 heavy (non-hydrogen) atoms.